The van der Waals surface area contributed by atoms with E-state index in [1.165, 1.54) is 19.3 Å². The second-order valence-electron chi connectivity index (χ2n) is 8.87. The molecular formula is C21H29N5O2. The fourth-order valence-electron chi connectivity index (χ4n) is 6.06. The van der Waals surface area contributed by atoms with Crippen LogP contribution in [0.15, 0.2) is 28.7 Å². The number of nitrogens with one attached hydrogen (secondary N) is 3. The molecular weight excluding hydrogens is 354 g/mol. The highest BCUT2D eigenvalue weighted by molar-refractivity contribution is 5.74. The van der Waals surface area contributed by atoms with E-state index in [1.54, 1.807) is 0 Å². The Morgan fingerprint density at radius 1 is 1.21 bits per heavy atom. The van der Waals surface area contributed by atoms with Crippen molar-refractivity contribution < 1.29 is 9.15 Å². The Labute approximate surface area is 165 Å². The molecule has 1 aromatic carbocycles. The van der Waals surface area contributed by atoms with Crippen LogP contribution in [0.25, 0.3) is 11.1 Å². The Morgan fingerprint density at radius 3 is 2.93 bits per heavy atom. The number of hydrogen-bond acceptors (Lipinski definition) is 7. The van der Waals surface area contributed by atoms with Crippen LogP contribution in [0.1, 0.15) is 32.1 Å². The van der Waals surface area contributed by atoms with Gasteiger partial charge in [-0.05, 0) is 64.4 Å². The topological polar surface area (TPSA) is 77.9 Å². The number of anilines is 1. The Kier molecular flexibility index (Phi) is 3.95. The zero-order valence-electron chi connectivity index (χ0n) is 16.4. The van der Waals surface area contributed by atoms with Crippen molar-refractivity contribution in [3.8, 4) is 0 Å². The van der Waals surface area contributed by atoms with Gasteiger partial charge in [0.25, 0.3) is 6.01 Å². The maximum Gasteiger partial charge on any atom is 0.297 e. The van der Waals surface area contributed by atoms with Gasteiger partial charge >= 0.3 is 0 Å². The fourth-order valence-corrected chi connectivity index (χ4v) is 6.06. The van der Waals surface area contributed by atoms with Crippen molar-refractivity contribution >= 4 is 17.1 Å². The van der Waals surface area contributed by atoms with Gasteiger partial charge in [0.1, 0.15) is 11.8 Å². The van der Waals surface area contributed by atoms with E-state index in [4.69, 9.17) is 9.15 Å². The molecule has 0 radical (unpaired) electrons. The number of rotatable bonds is 2. The number of ether oxygens (including phenoxy) is 1. The van der Waals surface area contributed by atoms with Gasteiger partial charge in [0, 0.05) is 17.5 Å². The van der Waals surface area contributed by atoms with Crippen LogP contribution in [0.2, 0.25) is 0 Å². The molecule has 7 nitrogen and oxygen atoms in total. The first kappa shape index (κ1) is 17.2. The van der Waals surface area contributed by atoms with Gasteiger partial charge < -0.3 is 19.8 Å². The SMILES string of the molecule is CN1C(Nc2nc3ccccc3o2)NC2CCCC3OC3C2C12CCNCC2. The Morgan fingerprint density at radius 2 is 2.07 bits per heavy atom. The Bertz CT molecular complexity index is 830. The van der Waals surface area contributed by atoms with Gasteiger partial charge in [-0.25, -0.2) is 0 Å². The zero-order chi connectivity index (χ0) is 18.7. The van der Waals surface area contributed by atoms with Crippen LogP contribution in [0, 0.1) is 5.92 Å². The molecule has 1 aliphatic carbocycles. The number of epoxide rings is 1. The van der Waals surface area contributed by atoms with Gasteiger partial charge in [-0.3, -0.25) is 10.2 Å². The van der Waals surface area contributed by atoms with E-state index in [2.05, 4.69) is 32.9 Å². The van der Waals surface area contributed by atoms with Crippen molar-refractivity contribution in [3.63, 3.8) is 0 Å². The largest absolute Gasteiger partial charge is 0.424 e. The number of para-hydroxylation sites is 2. The lowest BCUT2D eigenvalue weighted by Gasteiger charge is -2.58. The molecule has 6 rings (SSSR count). The summed E-state index contributed by atoms with van der Waals surface area (Å²) in [7, 11) is 2.25. The molecule has 4 heterocycles. The smallest absolute Gasteiger partial charge is 0.297 e. The van der Waals surface area contributed by atoms with Crippen LogP contribution in [-0.4, -0.2) is 60.1 Å². The van der Waals surface area contributed by atoms with Gasteiger partial charge in [-0.2, -0.15) is 4.98 Å². The van der Waals surface area contributed by atoms with Crippen LogP contribution in [0.3, 0.4) is 0 Å². The zero-order valence-corrected chi connectivity index (χ0v) is 16.4. The maximum atomic E-state index is 6.16. The molecule has 2 aromatic rings. The van der Waals surface area contributed by atoms with Crippen LogP contribution in [-0.2, 0) is 4.74 Å². The lowest BCUT2D eigenvalue weighted by molar-refractivity contribution is -0.0766. The molecule has 3 saturated heterocycles. The van der Waals surface area contributed by atoms with Crippen LogP contribution >= 0.6 is 0 Å². The third-order valence-electron chi connectivity index (χ3n) is 7.52. The summed E-state index contributed by atoms with van der Waals surface area (Å²) in [5, 5.41) is 11.0. The monoisotopic (exact) mass is 383 g/mol. The third-order valence-corrected chi connectivity index (χ3v) is 7.52. The lowest BCUT2D eigenvalue weighted by atomic mass is 9.68. The highest BCUT2D eigenvalue weighted by Crippen LogP contribution is 2.51. The summed E-state index contributed by atoms with van der Waals surface area (Å²) in [5.74, 6) is 0.550. The summed E-state index contributed by atoms with van der Waals surface area (Å²) in [4.78, 5) is 7.15. The molecule has 150 valence electrons. The number of benzene rings is 1. The maximum absolute atomic E-state index is 6.16. The minimum Gasteiger partial charge on any atom is -0.424 e. The molecule has 4 aliphatic rings. The van der Waals surface area contributed by atoms with Crippen molar-refractivity contribution in [3.05, 3.63) is 24.3 Å². The minimum atomic E-state index is 0.00251. The first-order valence-corrected chi connectivity index (χ1v) is 10.7. The average molecular weight is 383 g/mol. The molecule has 4 fully saturated rings. The summed E-state index contributed by atoms with van der Waals surface area (Å²) in [6.45, 7) is 2.14. The molecule has 1 aromatic heterocycles. The normalized spacial score (nSPS) is 37.2. The van der Waals surface area contributed by atoms with E-state index in [0.29, 0.717) is 30.2 Å². The predicted molar refractivity (Wildman–Crippen MR) is 107 cm³/mol. The first-order valence-electron chi connectivity index (χ1n) is 10.7. The summed E-state index contributed by atoms with van der Waals surface area (Å²) in [5.41, 5.74) is 1.86. The fraction of sp³-hybridized carbons (Fsp3) is 0.667. The molecule has 1 spiro atoms. The second kappa shape index (κ2) is 6.42. The predicted octanol–water partition coefficient (Wildman–Crippen LogP) is 2.12. The van der Waals surface area contributed by atoms with E-state index < -0.39 is 0 Å². The number of aromatic nitrogens is 1. The number of nitrogens with zero attached hydrogens (tertiary/aromatic N) is 2. The number of hydrogen-bond donors (Lipinski definition) is 3. The molecule has 0 amide bonds. The second-order valence-corrected chi connectivity index (χ2v) is 8.87. The Balaban J connectivity index is 1.33. The summed E-state index contributed by atoms with van der Waals surface area (Å²) in [6.07, 6.45) is 6.89. The lowest BCUT2D eigenvalue weighted by Crippen LogP contribution is -2.74. The quantitative estimate of drug-likeness (QED) is 0.686. The van der Waals surface area contributed by atoms with Crippen LogP contribution < -0.4 is 16.0 Å². The Hall–Kier alpha value is -1.67. The van der Waals surface area contributed by atoms with Crippen LogP contribution in [0.5, 0.6) is 0 Å². The van der Waals surface area contributed by atoms with Gasteiger partial charge in [0.2, 0.25) is 0 Å². The van der Waals surface area contributed by atoms with E-state index in [0.717, 1.165) is 37.0 Å². The van der Waals surface area contributed by atoms with Gasteiger partial charge in [0.15, 0.2) is 5.58 Å². The average Bonchev–Trinajstić information content (AvgIpc) is 3.37. The molecule has 0 bridgehead atoms. The number of oxazole rings is 1. The van der Waals surface area contributed by atoms with Crippen molar-refractivity contribution in [2.24, 2.45) is 5.92 Å². The summed E-state index contributed by atoms with van der Waals surface area (Å²) < 4.78 is 12.1. The van der Waals surface area contributed by atoms with Crippen molar-refractivity contribution in [2.75, 3.05) is 25.5 Å². The number of fused-ring (bicyclic) bond motifs is 5. The molecule has 7 heteroatoms. The van der Waals surface area contributed by atoms with E-state index >= 15 is 0 Å². The number of piperidine rings is 1. The first-order chi connectivity index (χ1) is 13.7. The summed E-state index contributed by atoms with van der Waals surface area (Å²) in [6, 6.07) is 8.98. The van der Waals surface area contributed by atoms with Gasteiger partial charge in [0.05, 0.1) is 12.2 Å². The molecule has 5 unspecified atom stereocenters. The third kappa shape index (κ3) is 2.60. The highest BCUT2D eigenvalue weighted by Gasteiger charge is 2.62. The molecule has 1 saturated carbocycles. The van der Waals surface area contributed by atoms with Crippen molar-refractivity contribution in [1.82, 2.24) is 20.5 Å². The van der Waals surface area contributed by atoms with Crippen molar-refractivity contribution in [1.29, 1.82) is 0 Å². The summed E-state index contributed by atoms with van der Waals surface area (Å²) >= 11 is 0. The molecule has 3 N–H and O–H groups in total. The van der Waals surface area contributed by atoms with Crippen molar-refractivity contribution in [2.45, 2.75) is 62.2 Å². The standard InChI is InChI=1S/C21H29N5O2/c1-26-19(25-20-24-13-5-2-3-7-15(13)28-20)23-14-6-4-8-16-18(27-16)17(14)21(26)9-11-22-12-10-21/h2-3,5,7,14,16-19,22-23H,4,6,8-12H2,1H3,(H,24,25). The van der Waals surface area contributed by atoms with E-state index in [-0.39, 0.29) is 11.8 Å². The minimum absolute atomic E-state index is 0.00251. The van der Waals surface area contributed by atoms with E-state index in [1.807, 2.05) is 24.3 Å². The van der Waals surface area contributed by atoms with Gasteiger partial charge in [-0.15, -0.1) is 0 Å². The van der Waals surface area contributed by atoms with Crippen LogP contribution in [0.4, 0.5) is 6.01 Å². The van der Waals surface area contributed by atoms with E-state index in [9.17, 15) is 0 Å². The van der Waals surface area contributed by atoms with Gasteiger partial charge in [-0.1, -0.05) is 12.1 Å². The molecule has 3 aliphatic heterocycles. The highest BCUT2D eigenvalue weighted by atomic mass is 16.6. The molecule has 5 atom stereocenters. The molecule has 28 heavy (non-hydrogen) atoms.